The van der Waals surface area contributed by atoms with Crippen LogP contribution in [0.4, 0.5) is 0 Å². The predicted octanol–water partition coefficient (Wildman–Crippen LogP) is 3.08. The van der Waals surface area contributed by atoms with Crippen LogP contribution in [0.3, 0.4) is 0 Å². The predicted molar refractivity (Wildman–Crippen MR) is 76.4 cm³/mol. The molecule has 0 aliphatic rings. The highest BCUT2D eigenvalue weighted by Crippen LogP contribution is 2.19. The number of ether oxygens (including phenoxy) is 2. The lowest BCUT2D eigenvalue weighted by molar-refractivity contribution is -0.150. The number of benzene rings is 1. The van der Waals surface area contributed by atoms with Gasteiger partial charge in [0.05, 0.1) is 12.3 Å². The summed E-state index contributed by atoms with van der Waals surface area (Å²) >= 11 is 0. The standard InChI is InChI=1S/C16H17NO3/c1-3-19-16(18)12(2)20-15-11-7-10-14(17-15)13-8-5-4-6-9-13/h4-12H,3H2,1-2H3. The molecule has 1 unspecified atom stereocenters. The van der Waals surface area contributed by atoms with E-state index in [1.165, 1.54) is 0 Å². The summed E-state index contributed by atoms with van der Waals surface area (Å²) in [4.78, 5) is 15.9. The first kappa shape index (κ1) is 14.1. The van der Waals surface area contributed by atoms with E-state index in [-0.39, 0.29) is 5.97 Å². The third-order valence-corrected chi connectivity index (χ3v) is 2.71. The van der Waals surface area contributed by atoms with E-state index in [9.17, 15) is 4.79 Å². The lowest BCUT2D eigenvalue weighted by Crippen LogP contribution is -2.26. The molecule has 0 amide bonds. The van der Waals surface area contributed by atoms with E-state index in [1.54, 1.807) is 19.9 Å². The molecule has 1 heterocycles. The van der Waals surface area contributed by atoms with Gasteiger partial charge in [0.1, 0.15) is 0 Å². The van der Waals surface area contributed by atoms with Crippen molar-refractivity contribution in [3.05, 3.63) is 48.5 Å². The first-order valence-corrected chi connectivity index (χ1v) is 6.56. The monoisotopic (exact) mass is 271 g/mol. The molecule has 0 spiro atoms. The SMILES string of the molecule is CCOC(=O)C(C)Oc1cccc(-c2ccccc2)n1. The van der Waals surface area contributed by atoms with E-state index in [2.05, 4.69) is 4.98 Å². The second-order valence-corrected chi connectivity index (χ2v) is 4.24. The molecule has 4 nitrogen and oxygen atoms in total. The summed E-state index contributed by atoms with van der Waals surface area (Å²) in [5, 5.41) is 0. The molecule has 1 aromatic carbocycles. The largest absolute Gasteiger partial charge is 0.463 e. The lowest BCUT2D eigenvalue weighted by Gasteiger charge is -2.13. The van der Waals surface area contributed by atoms with Crippen LogP contribution in [-0.2, 0) is 9.53 Å². The van der Waals surface area contributed by atoms with Crippen molar-refractivity contribution < 1.29 is 14.3 Å². The zero-order valence-electron chi connectivity index (χ0n) is 11.6. The summed E-state index contributed by atoms with van der Waals surface area (Å²) in [6, 6.07) is 15.3. The fraction of sp³-hybridized carbons (Fsp3) is 0.250. The zero-order valence-corrected chi connectivity index (χ0v) is 11.6. The Labute approximate surface area is 118 Å². The number of aromatic nitrogens is 1. The number of hydrogen-bond donors (Lipinski definition) is 0. The van der Waals surface area contributed by atoms with E-state index >= 15 is 0 Å². The van der Waals surface area contributed by atoms with Crippen LogP contribution in [0.5, 0.6) is 5.88 Å². The summed E-state index contributed by atoms with van der Waals surface area (Å²) in [6.45, 7) is 3.75. The number of carbonyl (C=O) groups is 1. The molecule has 4 heteroatoms. The van der Waals surface area contributed by atoms with Gasteiger partial charge in [0, 0.05) is 11.6 Å². The van der Waals surface area contributed by atoms with Gasteiger partial charge in [-0.15, -0.1) is 0 Å². The van der Waals surface area contributed by atoms with Crippen LogP contribution in [-0.4, -0.2) is 23.7 Å². The smallest absolute Gasteiger partial charge is 0.347 e. The quantitative estimate of drug-likeness (QED) is 0.784. The van der Waals surface area contributed by atoms with Gasteiger partial charge in [-0.25, -0.2) is 9.78 Å². The zero-order chi connectivity index (χ0) is 14.4. The van der Waals surface area contributed by atoms with Gasteiger partial charge in [-0.05, 0) is 19.9 Å². The molecule has 1 atom stereocenters. The van der Waals surface area contributed by atoms with Crippen LogP contribution in [0.2, 0.25) is 0 Å². The minimum atomic E-state index is -0.673. The van der Waals surface area contributed by atoms with Crippen LogP contribution in [0.1, 0.15) is 13.8 Å². The number of pyridine rings is 1. The number of rotatable bonds is 5. The van der Waals surface area contributed by atoms with E-state index in [4.69, 9.17) is 9.47 Å². The molecule has 0 N–H and O–H groups in total. The van der Waals surface area contributed by atoms with Crippen molar-refractivity contribution in [2.45, 2.75) is 20.0 Å². The second-order valence-electron chi connectivity index (χ2n) is 4.24. The van der Waals surface area contributed by atoms with Crippen LogP contribution in [0.25, 0.3) is 11.3 Å². The van der Waals surface area contributed by atoms with Gasteiger partial charge in [0.15, 0.2) is 6.10 Å². The van der Waals surface area contributed by atoms with Gasteiger partial charge in [-0.1, -0.05) is 36.4 Å². The van der Waals surface area contributed by atoms with Crippen LogP contribution in [0, 0.1) is 0 Å². The maximum Gasteiger partial charge on any atom is 0.347 e. The Morgan fingerprint density at radius 1 is 1.15 bits per heavy atom. The maximum atomic E-state index is 11.5. The average Bonchev–Trinajstić information content (AvgIpc) is 2.48. The molecular formula is C16H17NO3. The van der Waals surface area contributed by atoms with Crippen molar-refractivity contribution in [2.75, 3.05) is 6.61 Å². The topological polar surface area (TPSA) is 48.4 Å². The van der Waals surface area contributed by atoms with Crippen molar-refractivity contribution in [3.63, 3.8) is 0 Å². The molecule has 0 fully saturated rings. The van der Waals surface area contributed by atoms with Crippen molar-refractivity contribution in [2.24, 2.45) is 0 Å². The fourth-order valence-corrected chi connectivity index (χ4v) is 1.74. The molecular weight excluding hydrogens is 254 g/mol. The van der Waals surface area contributed by atoms with E-state index in [0.29, 0.717) is 12.5 Å². The Balaban J connectivity index is 2.12. The Hall–Kier alpha value is -2.36. The Kier molecular flexibility index (Phi) is 4.71. The van der Waals surface area contributed by atoms with Gasteiger partial charge in [-0.3, -0.25) is 0 Å². The van der Waals surface area contributed by atoms with Gasteiger partial charge >= 0.3 is 5.97 Å². The molecule has 2 rings (SSSR count). The third-order valence-electron chi connectivity index (χ3n) is 2.71. The van der Waals surface area contributed by atoms with E-state index in [0.717, 1.165) is 11.3 Å². The summed E-state index contributed by atoms with van der Waals surface area (Å²) < 4.78 is 10.4. The molecule has 0 aliphatic heterocycles. The average molecular weight is 271 g/mol. The van der Waals surface area contributed by atoms with Crippen LogP contribution >= 0.6 is 0 Å². The molecule has 0 aliphatic carbocycles. The molecule has 2 aromatic rings. The van der Waals surface area contributed by atoms with Crippen LogP contribution in [0.15, 0.2) is 48.5 Å². The molecule has 20 heavy (non-hydrogen) atoms. The van der Waals surface area contributed by atoms with Crippen LogP contribution < -0.4 is 4.74 Å². The number of carbonyl (C=O) groups excluding carboxylic acids is 1. The number of esters is 1. The molecule has 0 radical (unpaired) electrons. The Morgan fingerprint density at radius 2 is 1.90 bits per heavy atom. The normalized spacial score (nSPS) is 11.7. The van der Waals surface area contributed by atoms with E-state index in [1.807, 2.05) is 42.5 Å². The lowest BCUT2D eigenvalue weighted by atomic mass is 10.1. The van der Waals surface area contributed by atoms with Gasteiger partial charge in [0.2, 0.25) is 5.88 Å². The van der Waals surface area contributed by atoms with Gasteiger partial charge < -0.3 is 9.47 Å². The molecule has 104 valence electrons. The summed E-state index contributed by atoms with van der Waals surface area (Å²) in [6.07, 6.45) is -0.673. The molecule has 1 aromatic heterocycles. The highest BCUT2D eigenvalue weighted by molar-refractivity contribution is 5.74. The number of nitrogens with zero attached hydrogens (tertiary/aromatic N) is 1. The minimum absolute atomic E-state index is 0.337. The van der Waals surface area contributed by atoms with Gasteiger partial charge in [-0.2, -0.15) is 0 Å². The molecule has 0 saturated heterocycles. The number of hydrogen-bond acceptors (Lipinski definition) is 4. The van der Waals surface area contributed by atoms with Crippen molar-refractivity contribution in [3.8, 4) is 17.1 Å². The van der Waals surface area contributed by atoms with Crippen molar-refractivity contribution >= 4 is 5.97 Å². The summed E-state index contributed by atoms with van der Waals surface area (Å²) in [5.41, 5.74) is 1.81. The first-order chi connectivity index (χ1) is 9.70. The van der Waals surface area contributed by atoms with Crippen molar-refractivity contribution in [1.82, 2.24) is 4.98 Å². The van der Waals surface area contributed by atoms with Crippen molar-refractivity contribution in [1.29, 1.82) is 0 Å². The summed E-state index contributed by atoms with van der Waals surface area (Å²) in [7, 11) is 0. The first-order valence-electron chi connectivity index (χ1n) is 6.56. The highest BCUT2D eigenvalue weighted by atomic mass is 16.6. The summed E-state index contributed by atoms with van der Waals surface area (Å²) in [5.74, 6) is 0.0197. The highest BCUT2D eigenvalue weighted by Gasteiger charge is 2.16. The second kappa shape index (κ2) is 6.70. The Bertz CT molecular complexity index is 569. The molecule has 0 saturated carbocycles. The third kappa shape index (κ3) is 3.57. The van der Waals surface area contributed by atoms with Gasteiger partial charge in [0.25, 0.3) is 0 Å². The molecule has 0 bridgehead atoms. The maximum absolute atomic E-state index is 11.5. The Morgan fingerprint density at radius 3 is 2.60 bits per heavy atom. The minimum Gasteiger partial charge on any atom is -0.463 e. The van der Waals surface area contributed by atoms with E-state index < -0.39 is 6.10 Å². The fourth-order valence-electron chi connectivity index (χ4n) is 1.74.